The van der Waals surface area contributed by atoms with Crippen LogP contribution >= 0.6 is 23.4 Å². The highest BCUT2D eigenvalue weighted by atomic mass is 35.5. The zero-order valence-electron chi connectivity index (χ0n) is 11.6. The average Bonchev–Trinajstić information content (AvgIpc) is 2.71. The molecule has 2 N–H and O–H groups in total. The van der Waals surface area contributed by atoms with Crippen molar-refractivity contribution in [1.29, 1.82) is 0 Å². The number of rotatable bonds is 2. The van der Waals surface area contributed by atoms with Crippen molar-refractivity contribution in [3.63, 3.8) is 0 Å². The van der Waals surface area contributed by atoms with Gasteiger partial charge in [0.25, 0.3) is 5.56 Å². The standard InChI is InChI=1S/C11H15ClN6OS/c1-11(2,3)9-15-16-10(18(9)13)20-6-5-14-17(4)8(19)7(6)12/h5H,13H2,1-4H3. The van der Waals surface area contributed by atoms with Crippen LogP contribution in [0.15, 0.2) is 21.0 Å². The maximum atomic E-state index is 11.7. The molecule has 2 rings (SSSR count). The van der Waals surface area contributed by atoms with E-state index in [1.165, 1.54) is 22.6 Å². The minimum absolute atomic E-state index is 0.0906. The van der Waals surface area contributed by atoms with Gasteiger partial charge in [-0.25, -0.2) is 9.36 Å². The zero-order chi connectivity index (χ0) is 15.1. The Balaban J connectivity index is 2.40. The maximum absolute atomic E-state index is 11.7. The molecule has 0 saturated carbocycles. The van der Waals surface area contributed by atoms with Crippen LogP contribution in [-0.2, 0) is 12.5 Å². The summed E-state index contributed by atoms with van der Waals surface area (Å²) in [5, 5.41) is 12.6. The molecule has 7 nitrogen and oxygen atoms in total. The third-order valence-electron chi connectivity index (χ3n) is 2.58. The van der Waals surface area contributed by atoms with Crippen molar-refractivity contribution in [3.05, 3.63) is 27.4 Å². The molecule has 2 heterocycles. The van der Waals surface area contributed by atoms with Crippen molar-refractivity contribution < 1.29 is 0 Å². The Morgan fingerprint density at radius 3 is 2.55 bits per heavy atom. The smallest absolute Gasteiger partial charge is 0.286 e. The van der Waals surface area contributed by atoms with E-state index in [4.69, 9.17) is 17.4 Å². The van der Waals surface area contributed by atoms with Gasteiger partial charge in [0.2, 0.25) is 5.16 Å². The fourth-order valence-corrected chi connectivity index (χ4v) is 2.55. The molecule has 0 unspecified atom stereocenters. The summed E-state index contributed by atoms with van der Waals surface area (Å²) in [4.78, 5) is 12.2. The van der Waals surface area contributed by atoms with Crippen LogP contribution < -0.4 is 11.4 Å². The lowest BCUT2D eigenvalue weighted by molar-refractivity contribution is 0.523. The van der Waals surface area contributed by atoms with Crippen LogP contribution in [0.25, 0.3) is 0 Å². The summed E-state index contributed by atoms with van der Waals surface area (Å²) in [5.41, 5.74) is -0.592. The topological polar surface area (TPSA) is 91.6 Å². The number of aryl methyl sites for hydroxylation is 1. The van der Waals surface area contributed by atoms with Crippen LogP contribution in [0, 0.1) is 0 Å². The molecule has 0 aromatic carbocycles. The number of hydrogen-bond donors (Lipinski definition) is 1. The molecule has 20 heavy (non-hydrogen) atoms. The Morgan fingerprint density at radius 1 is 1.35 bits per heavy atom. The Labute approximate surface area is 125 Å². The predicted octanol–water partition coefficient (Wildman–Crippen LogP) is 1.19. The lowest BCUT2D eigenvalue weighted by Crippen LogP contribution is -2.24. The summed E-state index contributed by atoms with van der Waals surface area (Å²) in [6, 6.07) is 0. The molecule has 108 valence electrons. The number of nitrogens with two attached hydrogens (primary N) is 1. The Kier molecular flexibility index (Phi) is 3.79. The summed E-state index contributed by atoms with van der Waals surface area (Å²) in [5.74, 6) is 6.63. The molecule has 0 aliphatic heterocycles. The first-order valence-electron chi connectivity index (χ1n) is 5.82. The number of nitrogens with zero attached hydrogens (tertiary/aromatic N) is 5. The van der Waals surface area contributed by atoms with Crippen molar-refractivity contribution in [3.8, 4) is 0 Å². The summed E-state index contributed by atoms with van der Waals surface area (Å²) in [6.07, 6.45) is 1.50. The van der Waals surface area contributed by atoms with Crippen molar-refractivity contribution in [1.82, 2.24) is 24.7 Å². The highest BCUT2D eigenvalue weighted by Gasteiger charge is 2.23. The molecule has 2 aromatic rings. The number of nitrogen functional groups attached to an aromatic ring is 1. The van der Waals surface area contributed by atoms with Gasteiger partial charge in [0.05, 0.1) is 11.1 Å². The highest BCUT2D eigenvalue weighted by Crippen LogP contribution is 2.30. The third kappa shape index (κ3) is 2.66. The van der Waals surface area contributed by atoms with E-state index in [2.05, 4.69) is 15.3 Å². The van der Waals surface area contributed by atoms with E-state index in [1.54, 1.807) is 0 Å². The molecule has 9 heteroatoms. The Hall–Kier alpha value is -1.54. The molecular weight excluding hydrogens is 300 g/mol. The molecule has 0 atom stereocenters. The van der Waals surface area contributed by atoms with Gasteiger partial charge in [0, 0.05) is 12.5 Å². The van der Waals surface area contributed by atoms with Gasteiger partial charge < -0.3 is 5.84 Å². The third-order valence-corrected chi connectivity index (χ3v) is 4.05. The molecule has 0 saturated heterocycles. The van der Waals surface area contributed by atoms with Gasteiger partial charge >= 0.3 is 0 Å². The quantitative estimate of drug-likeness (QED) is 0.837. The van der Waals surface area contributed by atoms with Gasteiger partial charge in [0.15, 0.2) is 5.82 Å². The van der Waals surface area contributed by atoms with Gasteiger partial charge in [-0.2, -0.15) is 5.10 Å². The van der Waals surface area contributed by atoms with E-state index in [9.17, 15) is 4.79 Å². The maximum Gasteiger partial charge on any atom is 0.286 e. The van der Waals surface area contributed by atoms with E-state index in [0.717, 1.165) is 11.8 Å². The molecule has 0 radical (unpaired) electrons. The molecule has 0 aliphatic carbocycles. The molecule has 0 amide bonds. The van der Waals surface area contributed by atoms with E-state index in [0.29, 0.717) is 15.9 Å². The van der Waals surface area contributed by atoms with Crippen LogP contribution in [0.5, 0.6) is 0 Å². The van der Waals surface area contributed by atoms with E-state index < -0.39 is 0 Å². The second-order valence-corrected chi connectivity index (χ2v) is 6.67. The largest absolute Gasteiger partial charge is 0.336 e. The fourth-order valence-electron chi connectivity index (χ4n) is 1.52. The summed E-state index contributed by atoms with van der Waals surface area (Å²) in [6.45, 7) is 5.96. The van der Waals surface area contributed by atoms with Crippen LogP contribution in [0.4, 0.5) is 0 Å². The lowest BCUT2D eigenvalue weighted by Gasteiger charge is -2.16. The first-order valence-corrected chi connectivity index (χ1v) is 7.02. The first kappa shape index (κ1) is 14.9. The minimum Gasteiger partial charge on any atom is -0.336 e. The fraction of sp³-hybridized carbons (Fsp3) is 0.455. The van der Waals surface area contributed by atoms with Gasteiger partial charge in [-0.15, -0.1) is 10.2 Å². The van der Waals surface area contributed by atoms with Crippen molar-refractivity contribution in [2.45, 2.75) is 36.2 Å². The number of hydrogen-bond acceptors (Lipinski definition) is 6. The average molecular weight is 315 g/mol. The highest BCUT2D eigenvalue weighted by molar-refractivity contribution is 7.99. The summed E-state index contributed by atoms with van der Waals surface area (Å²) >= 11 is 7.16. The van der Waals surface area contributed by atoms with Gasteiger partial charge in [-0.3, -0.25) is 4.79 Å². The zero-order valence-corrected chi connectivity index (χ0v) is 13.2. The normalized spacial score (nSPS) is 11.8. The van der Waals surface area contributed by atoms with Crippen LogP contribution in [0.3, 0.4) is 0 Å². The lowest BCUT2D eigenvalue weighted by atomic mass is 9.96. The van der Waals surface area contributed by atoms with Crippen LogP contribution in [0.1, 0.15) is 26.6 Å². The van der Waals surface area contributed by atoms with E-state index >= 15 is 0 Å². The Bertz CT molecular complexity index is 702. The van der Waals surface area contributed by atoms with Crippen molar-refractivity contribution in [2.75, 3.05) is 5.84 Å². The molecule has 0 fully saturated rings. The monoisotopic (exact) mass is 314 g/mol. The minimum atomic E-state index is -0.365. The SMILES string of the molecule is Cn1ncc(Sc2nnc(C(C)(C)C)n2N)c(Cl)c1=O. The molecule has 0 spiro atoms. The molecular formula is C11H15ClN6OS. The first-order chi connectivity index (χ1) is 9.21. The van der Waals surface area contributed by atoms with Gasteiger partial charge in [-0.05, 0) is 11.8 Å². The summed E-state index contributed by atoms with van der Waals surface area (Å²) < 4.78 is 2.57. The molecule has 2 aromatic heterocycles. The number of halogens is 1. The van der Waals surface area contributed by atoms with Crippen molar-refractivity contribution >= 4 is 23.4 Å². The summed E-state index contributed by atoms with van der Waals surface area (Å²) in [7, 11) is 1.53. The second-order valence-electron chi connectivity index (χ2n) is 5.28. The van der Waals surface area contributed by atoms with Crippen LogP contribution in [-0.4, -0.2) is 24.7 Å². The van der Waals surface area contributed by atoms with Crippen molar-refractivity contribution in [2.24, 2.45) is 7.05 Å². The molecule has 0 bridgehead atoms. The van der Waals surface area contributed by atoms with Gasteiger partial charge in [-0.1, -0.05) is 32.4 Å². The van der Waals surface area contributed by atoms with Crippen LogP contribution in [0.2, 0.25) is 5.02 Å². The van der Waals surface area contributed by atoms with Gasteiger partial charge in [0.1, 0.15) is 5.02 Å². The molecule has 0 aliphatic rings. The second kappa shape index (κ2) is 5.10. The number of aromatic nitrogens is 5. The van der Waals surface area contributed by atoms with E-state index in [-0.39, 0.29) is 16.0 Å². The predicted molar refractivity (Wildman–Crippen MR) is 77.5 cm³/mol. The van der Waals surface area contributed by atoms with E-state index in [1.807, 2.05) is 20.8 Å². The Morgan fingerprint density at radius 2 is 2.00 bits per heavy atom.